The summed E-state index contributed by atoms with van der Waals surface area (Å²) in [6, 6.07) is 18.0. The van der Waals surface area contributed by atoms with E-state index in [0.717, 1.165) is 29.8 Å². The van der Waals surface area contributed by atoms with Crippen LogP contribution in [0.2, 0.25) is 0 Å². The fourth-order valence-corrected chi connectivity index (χ4v) is 3.76. The number of nitrogens with one attached hydrogen (secondary N) is 1. The van der Waals surface area contributed by atoms with Gasteiger partial charge in [-0.25, -0.2) is 4.68 Å². The smallest absolute Gasteiger partial charge is 0.227 e. The van der Waals surface area contributed by atoms with Gasteiger partial charge >= 0.3 is 0 Å². The number of hydrogen-bond acceptors (Lipinski definition) is 3. The van der Waals surface area contributed by atoms with Gasteiger partial charge < -0.3 is 10.2 Å². The van der Waals surface area contributed by atoms with Crippen molar-refractivity contribution in [3.63, 3.8) is 0 Å². The van der Waals surface area contributed by atoms with E-state index >= 15 is 0 Å². The van der Waals surface area contributed by atoms with Gasteiger partial charge in [-0.3, -0.25) is 9.59 Å². The summed E-state index contributed by atoms with van der Waals surface area (Å²) in [5, 5.41) is 7.21. The van der Waals surface area contributed by atoms with Gasteiger partial charge in [0.15, 0.2) is 0 Å². The molecule has 1 fully saturated rings. The SMILES string of the molecule is CCc1ccc(N2CC(C(=O)NCCc3ccc(-n4cccn4)cc3)CC2=O)cc1. The van der Waals surface area contributed by atoms with Crippen LogP contribution in [0.1, 0.15) is 24.5 Å². The van der Waals surface area contributed by atoms with Crippen molar-refractivity contribution in [2.75, 3.05) is 18.0 Å². The summed E-state index contributed by atoms with van der Waals surface area (Å²) in [5.74, 6) is -0.344. The number of nitrogens with zero attached hydrogens (tertiary/aromatic N) is 3. The van der Waals surface area contributed by atoms with Gasteiger partial charge in [-0.1, -0.05) is 31.2 Å². The molecule has 1 N–H and O–H groups in total. The number of benzene rings is 2. The highest BCUT2D eigenvalue weighted by Gasteiger charge is 2.34. The zero-order chi connectivity index (χ0) is 20.9. The van der Waals surface area contributed by atoms with E-state index in [4.69, 9.17) is 0 Å². The second kappa shape index (κ2) is 8.95. The Morgan fingerprint density at radius 1 is 1.07 bits per heavy atom. The first kappa shape index (κ1) is 19.9. The summed E-state index contributed by atoms with van der Waals surface area (Å²) in [6.07, 6.45) is 5.62. The minimum absolute atomic E-state index is 0.00797. The molecular formula is C24H26N4O2. The molecule has 0 aliphatic carbocycles. The Morgan fingerprint density at radius 2 is 1.77 bits per heavy atom. The van der Waals surface area contributed by atoms with Gasteiger partial charge in [0.05, 0.1) is 11.6 Å². The predicted octanol–water partition coefficient (Wildman–Crippen LogP) is 3.15. The molecule has 30 heavy (non-hydrogen) atoms. The average molecular weight is 402 g/mol. The Hall–Kier alpha value is -3.41. The average Bonchev–Trinajstić information content (AvgIpc) is 3.44. The van der Waals surface area contributed by atoms with E-state index in [-0.39, 0.29) is 24.2 Å². The summed E-state index contributed by atoms with van der Waals surface area (Å²) in [6.45, 7) is 3.09. The number of rotatable bonds is 7. The molecule has 2 amide bonds. The maximum Gasteiger partial charge on any atom is 0.227 e. The van der Waals surface area contributed by atoms with Gasteiger partial charge in [-0.2, -0.15) is 5.10 Å². The van der Waals surface area contributed by atoms with Crippen LogP contribution in [0.4, 0.5) is 5.69 Å². The van der Waals surface area contributed by atoms with Crippen LogP contribution < -0.4 is 10.2 Å². The highest BCUT2D eigenvalue weighted by Crippen LogP contribution is 2.25. The fourth-order valence-electron chi connectivity index (χ4n) is 3.76. The molecule has 0 bridgehead atoms. The monoisotopic (exact) mass is 402 g/mol. The molecule has 0 spiro atoms. The summed E-state index contributed by atoms with van der Waals surface area (Å²) in [7, 11) is 0. The van der Waals surface area contributed by atoms with E-state index in [0.29, 0.717) is 13.1 Å². The Bertz CT molecular complexity index is 995. The van der Waals surface area contributed by atoms with E-state index in [2.05, 4.69) is 17.3 Å². The lowest BCUT2D eigenvalue weighted by Gasteiger charge is -2.17. The number of carbonyl (C=O) groups excluding carboxylic acids is 2. The molecule has 1 unspecified atom stereocenters. The van der Waals surface area contributed by atoms with Crippen molar-refractivity contribution in [2.45, 2.75) is 26.2 Å². The molecule has 2 aromatic carbocycles. The zero-order valence-corrected chi connectivity index (χ0v) is 17.1. The fraction of sp³-hybridized carbons (Fsp3) is 0.292. The van der Waals surface area contributed by atoms with Crippen molar-refractivity contribution in [1.82, 2.24) is 15.1 Å². The first-order valence-corrected chi connectivity index (χ1v) is 10.4. The minimum atomic E-state index is -0.300. The normalized spacial score (nSPS) is 16.1. The van der Waals surface area contributed by atoms with Gasteiger partial charge in [0.25, 0.3) is 0 Å². The molecule has 3 aromatic rings. The third-order valence-electron chi connectivity index (χ3n) is 5.57. The van der Waals surface area contributed by atoms with Gasteiger partial charge in [0, 0.05) is 37.6 Å². The zero-order valence-electron chi connectivity index (χ0n) is 17.1. The lowest BCUT2D eigenvalue weighted by molar-refractivity contribution is -0.126. The highest BCUT2D eigenvalue weighted by molar-refractivity contribution is 6.00. The molecule has 1 atom stereocenters. The van der Waals surface area contributed by atoms with Crippen LogP contribution in [-0.4, -0.2) is 34.7 Å². The summed E-state index contributed by atoms with van der Waals surface area (Å²) in [5.41, 5.74) is 4.25. The highest BCUT2D eigenvalue weighted by atomic mass is 16.2. The maximum absolute atomic E-state index is 12.6. The Labute approximate surface area is 176 Å². The number of amides is 2. The van der Waals surface area contributed by atoms with Crippen molar-refractivity contribution in [1.29, 1.82) is 0 Å². The van der Waals surface area contributed by atoms with Crippen LogP contribution >= 0.6 is 0 Å². The molecule has 1 aliphatic heterocycles. The topological polar surface area (TPSA) is 67.2 Å². The van der Waals surface area contributed by atoms with Crippen LogP contribution in [0, 0.1) is 5.92 Å². The molecule has 6 heteroatoms. The molecule has 6 nitrogen and oxygen atoms in total. The molecule has 0 radical (unpaired) electrons. The van der Waals surface area contributed by atoms with E-state index in [1.54, 1.807) is 11.1 Å². The molecule has 154 valence electrons. The molecule has 2 heterocycles. The largest absolute Gasteiger partial charge is 0.355 e. The molecule has 1 aromatic heterocycles. The first-order valence-electron chi connectivity index (χ1n) is 10.4. The predicted molar refractivity (Wildman–Crippen MR) is 117 cm³/mol. The van der Waals surface area contributed by atoms with E-state index in [1.807, 2.05) is 65.5 Å². The second-order valence-electron chi connectivity index (χ2n) is 7.58. The van der Waals surface area contributed by atoms with Gasteiger partial charge in [-0.15, -0.1) is 0 Å². The van der Waals surface area contributed by atoms with E-state index in [9.17, 15) is 9.59 Å². The molecule has 1 saturated heterocycles. The summed E-state index contributed by atoms with van der Waals surface area (Å²) < 4.78 is 1.81. The Kier molecular flexibility index (Phi) is 5.93. The lowest BCUT2D eigenvalue weighted by Crippen LogP contribution is -2.34. The van der Waals surface area contributed by atoms with Crippen molar-refractivity contribution in [3.05, 3.63) is 78.1 Å². The molecule has 1 aliphatic rings. The minimum Gasteiger partial charge on any atom is -0.355 e. The number of carbonyl (C=O) groups is 2. The lowest BCUT2D eigenvalue weighted by atomic mass is 10.1. The number of hydrogen-bond donors (Lipinski definition) is 1. The standard InChI is InChI=1S/C24H26N4O2/c1-2-18-4-8-21(9-5-18)27-17-20(16-23(27)29)24(30)25-14-12-19-6-10-22(11-7-19)28-15-3-13-26-28/h3-11,13,15,20H,2,12,14,16-17H2,1H3,(H,25,30). The van der Waals surface area contributed by atoms with Crippen molar-refractivity contribution < 1.29 is 9.59 Å². The second-order valence-corrected chi connectivity index (χ2v) is 7.58. The summed E-state index contributed by atoms with van der Waals surface area (Å²) >= 11 is 0. The third kappa shape index (κ3) is 4.43. The van der Waals surface area contributed by atoms with Crippen molar-refractivity contribution >= 4 is 17.5 Å². The number of aromatic nitrogens is 2. The van der Waals surface area contributed by atoms with E-state index in [1.165, 1.54) is 5.56 Å². The maximum atomic E-state index is 12.6. The quantitative estimate of drug-likeness (QED) is 0.660. The van der Waals surface area contributed by atoms with Gasteiger partial charge in [-0.05, 0) is 54.3 Å². The van der Waals surface area contributed by atoms with Crippen LogP contribution in [0.5, 0.6) is 0 Å². The molecule has 4 rings (SSSR count). The summed E-state index contributed by atoms with van der Waals surface area (Å²) in [4.78, 5) is 26.7. The Balaban J connectivity index is 1.27. The van der Waals surface area contributed by atoms with Crippen LogP contribution in [-0.2, 0) is 22.4 Å². The van der Waals surface area contributed by atoms with Crippen molar-refractivity contribution in [2.24, 2.45) is 5.92 Å². The Morgan fingerprint density at radius 3 is 2.43 bits per heavy atom. The van der Waals surface area contributed by atoms with Crippen LogP contribution in [0.3, 0.4) is 0 Å². The van der Waals surface area contributed by atoms with Crippen molar-refractivity contribution in [3.8, 4) is 5.69 Å². The third-order valence-corrected chi connectivity index (χ3v) is 5.57. The molecular weight excluding hydrogens is 376 g/mol. The van der Waals surface area contributed by atoms with Crippen LogP contribution in [0.15, 0.2) is 67.0 Å². The number of aryl methyl sites for hydroxylation is 1. The first-order chi connectivity index (χ1) is 14.6. The number of anilines is 1. The van der Waals surface area contributed by atoms with Gasteiger partial charge in [0.2, 0.25) is 11.8 Å². The van der Waals surface area contributed by atoms with E-state index < -0.39 is 0 Å². The van der Waals surface area contributed by atoms with Crippen LogP contribution in [0.25, 0.3) is 5.69 Å². The molecule has 0 saturated carbocycles. The van der Waals surface area contributed by atoms with Gasteiger partial charge in [0.1, 0.15) is 0 Å².